The molecule has 0 bridgehead atoms. The lowest BCUT2D eigenvalue weighted by atomic mass is 9.85. The number of rotatable bonds is 5. The van der Waals surface area contributed by atoms with Crippen molar-refractivity contribution in [3.05, 3.63) is 35.4 Å². The smallest absolute Gasteiger partial charge is 0.166 e. The van der Waals surface area contributed by atoms with Gasteiger partial charge in [-0.05, 0) is 42.9 Å². The van der Waals surface area contributed by atoms with E-state index >= 15 is 0 Å². The van der Waals surface area contributed by atoms with Crippen molar-refractivity contribution in [2.24, 2.45) is 5.92 Å². The van der Waals surface area contributed by atoms with Crippen LogP contribution in [0.15, 0.2) is 24.3 Å². The second-order valence-electron chi connectivity index (χ2n) is 6.08. The first-order valence-corrected chi connectivity index (χ1v) is 8.19. The summed E-state index contributed by atoms with van der Waals surface area (Å²) in [7, 11) is 0. The van der Waals surface area contributed by atoms with Gasteiger partial charge in [-0.3, -0.25) is 0 Å². The molecular weight excluding hydrogens is 297 g/mol. The highest BCUT2D eigenvalue weighted by atomic mass is 35.5. The summed E-state index contributed by atoms with van der Waals surface area (Å²) < 4.78 is 37.4. The molecule has 4 heteroatoms. The Bertz CT molecular complexity index is 419. The summed E-state index contributed by atoms with van der Waals surface area (Å²) >= 11 is 6.34. The molecule has 0 N–H and O–H groups in total. The van der Waals surface area contributed by atoms with E-state index in [1.165, 1.54) is 32.1 Å². The van der Waals surface area contributed by atoms with Gasteiger partial charge in [-0.1, -0.05) is 44.2 Å². The van der Waals surface area contributed by atoms with E-state index in [0.717, 1.165) is 36.5 Å². The molecule has 0 radical (unpaired) electrons. The second kappa shape index (κ2) is 7.53. The highest BCUT2D eigenvalue weighted by molar-refractivity contribution is 6.20. The van der Waals surface area contributed by atoms with Gasteiger partial charge in [-0.25, -0.2) is 0 Å². The van der Waals surface area contributed by atoms with Crippen LogP contribution in [0.25, 0.3) is 0 Å². The Labute approximate surface area is 129 Å². The van der Waals surface area contributed by atoms with Gasteiger partial charge in [0.25, 0.3) is 0 Å². The molecule has 1 saturated carbocycles. The zero-order valence-corrected chi connectivity index (χ0v) is 12.9. The summed E-state index contributed by atoms with van der Waals surface area (Å²) in [5.74, 6) is 0.799. The minimum Gasteiger partial charge on any atom is -0.166 e. The Morgan fingerprint density at radius 3 is 2.24 bits per heavy atom. The third kappa shape index (κ3) is 5.54. The predicted molar refractivity (Wildman–Crippen MR) is 80.6 cm³/mol. The molecule has 1 unspecified atom stereocenters. The number of halogens is 4. The third-order valence-corrected chi connectivity index (χ3v) is 4.72. The van der Waals surface area contributed by atoms with Gasteiger partial charge in [0, 0.05) is 5.38 Å². The summed E-state index contributed by atoms with van der Waals surface area (Å²) in [5.41, 5.74) is 0.284. The highest BCUT2D eigenvalue weighted by Gasteiger charge is 2.30. The summed E-state index contributed by atoms with van der Waals surface area (Å²) in [6.45, 7) is 0. The van der Waals surface area contributed by atoms with Gasteiger partial charge in [0.1, 0.15) is 0 Å². The van der Waals surface area contributed by atoms with Crippen LogP contribution in [0.4, 0.5) is 13.2 Å². The monoisotopic (exact) mass is 318 g/mol. The molecule has 0 amide bonds. The van der Waals surface area contributed by atoms with Gasteiger partial charge in [-0.2, -0.15) is 13.2 Å². The Balaban J connectivity index is 1.78. The zero-order valence-electron chi connectivity index (χ0n) is 12.1. The standard InChI is InChI=1S/C17H22ClF3/c18-16(11-8-13-4-2-1-3-5-13)12-14-6-9-15(10-7-14)17(19,20)21/h6-7,9-10,13,16H,1-5,8,11-12H2. The van der Waals surface area contributed by atoms with Crippen LogP contribution in [-0.4, -0.2) is 5.38 Å². The van der Waals surface area contributed by atoms with Gasteiger partial charge in [0.15, 0.2) is 0 Å². The molecule has 0 spiro atoms. The fourth-order valence-corrected chi connectivity index (χ4v) is 3.38. The first-order chi connectivity index (χ1) is 9.95. The van der Waals surface area contributed by atoms with E-state index in [2.05, 4.69) is 0 Å². The van der Waals surface area contributed by atoms with E-state index in [0.29, 0.717) is 6.42 Å². The largest absolute Gasteiger partial charge is 0.416 e. The van der Waals surface area contributed by atoms with E-state index in [-0.39, 0.29) is 5.38 Å². The van der Waals surface area contributed by atoms with Crippen LogP contribution < -0.4 is 0 Å². The number of hydrogen-bond acceptors (Lipinski definition) is 0. The van der Waals surface area contributed by atoms with Gasteiger partial charge in [0.05, 0.1) is 5.56 Å². The van der Waals surface area contributed by atoms with E-state index in [4.69, 9.17) is 11.6 Å². The average Bonchev–Trinajstić information content (AvgIpc) is 2.46. The minimum absolute atomic E-state index is 0.0173. The van der Waals surface area contributed by atoms with Crippen molar-refractivity contribution in [2.45, 2.75) is 62.9 Å². The zero-order chi connectivity index (χ0) is 15.3. The molecule has 118 valence electrons. The average molecular weight is 319 g/mol. The van der Waals surface area contributed by atoms with Gasteiger partial charge >= 0.3 is 6.18 Å². The Morgan fingerprint density at radius 1 is 1.05 bits per heavy atom. The van der Waals surface area contributed by atoms with Crippen molar-refractivity contribution in [2.75, 3.05) is 0 Å². The second-order valence-corrected chi connectivity index (χ2v) is 6.69. The molecule has 1 atom stereocenters. The minimum atomic E-state index is -4.26. The summed E-state index contributed by atoms with van der Waals surface area (Å²) in [5, 5.41) is 0.0173. The SMILES string of the molecule is FC(F)(F)c1ccc(CC(Cl)CCC2CCCCC2)cc1. The summed E-state index contributed by atoms with van der Waals surface area (Å²) in [6.07, 6.45) is 5.11. The molecule has 0 nitrogen and oxygen atoms in total. The predicted octanol–water partition coefficient (Wildman–Crippen LogP) is 6.22. The van der Waals surface area contributed by atoms with Crippen molar-refractivity contribution in [3.63, 3.8) is 0 Å². The van der Waals surface area contributed by atoms with Crippen molar-refractivity contribution in [1.82, 2.24) is 0 Å². The van der Waals surface area contributed by atoms with Crippen LogP contribution in [0.3, 0.4) is 0 Å². The summed E-state index contributed by atoms with van der Waals surface area (Å²) in [6, 6.07) is 5.36. The summed E-state index contributed by atoms with van der Waals surface area (Å²) in [4.78, 5) is 0. The molecule has 1 aliphatic rings. The maximum atomic E-state index is 12.5. The van der Waals surface area contributed by atoms with Crippen molar-refractivity contribution < 1.29 is 13.2 Å². The Morgan fingerprint density at radius 2 is 1.67 bits per heavy atom. The fraction of sp³-hybridized carbons (Fsp3) is 0.647. The van der Waals surface area contributed by atoms with Crippen LogP contribution in [0.5, 0.6) is 0 Å². The van der Waals surface area contributed by atoms with E-state index in [1.807, 2.05) is 0 Å². The Kier molecular flexibility index (Phi) is 5.98. The van der Waals surface area contributed by atoms with Crippen LogP contribution in [-0.2, 0) is 12.6 Å². The lowest BCUT2D eigenvalue weighted by Gasteiger charge is -2.22. The highest BCUT2D eigenvalue weighted by Crippen LogP contribution is 2.31. The fourth-order valence-electron chi connectivity index (χ4n) is 3.08. The van der Waals surface area contributed by atoms with Crippen molar-refractivity contribution >= 4 is 11.6 Å². The molecule has 0 aliphatic heterocycles. The molecule has 0 saturated heterocycles. The lowest BCUT2D eigenvalue weighted by molar-refractivity contribution is -0.137. The van der Waals surface area contributed by atoms with E-state index in [9.17, 15) is 13.2 Å². The Hall–Kier alpha value is -0.700. The quantitative estimate of drug-likeness (QED) is 0.566. The molecule has 21 heavy (non-hydrogen) atoms. The van der Waals surface area contributed by atoms with Crippen LogP contribution >= 0.6 is 11.6 Å². The number of alkyl halides is 4. The molecule has 1 aromatic carbocycles. The molecule has 1 aliphatic carbocycles. The van der Waals surface area contributed by atoms with Crippen molar-refractivity contribution in [1.29, 1.82) is 0 Å². The number of hydrogen-bond donors (Lipinski definition) is 0. The molecule has 1 aromatic rings. The normalized spacial score (nSPS) is 18.7. The van der Waals surface area contributed by atoms with Crippen LogP contribution in [0.2, 0.25) is 0 Å². The van der Waals surface area contributed by atoms with E-state index < -0.39 is 11.7 Å². The maximum Gasteiger partial charge on any atom is 0.416 e. The van der Waals surface area contributed by atoms with Gasteiger partial charge in [0.2, 0.25) is 0 Å². The molecule has 2 rings (SSSR count). The number of benzene rings is 1. The van der Waals surface area contributed by atoms with Gasteiger partial charge < -0.3 is 0 Å². The molecule has 1 fully saturated rings. The third-order valence-electron chi connectivity index (χ3n) is 4.35. The first kappa shape index (κ1) is 16.7. The van der Waals surface area contributed by atoms with Crippen LogP contribution in [0, 0.1) is 5.92 Å². The van der Waals surface area contributed by atoms with E-state index in [1.54, 1.807) is 12.1 Å². The molecular formula is C17H22ClF3. The topological polar surface area (TPSA) is 0 Å². The molecule has 0 aromatic heterocycles. The van der Waals surface area contributed by atoms with Crippen molar-refractivity contribution in [3.8, 4) is 0 Å². The lowest BCUT2D eigenvalue weighted by Crippen LogP contribution is -2.11. The van der Waals surface area contributed by atoms with Crippen LogP contribution in [0.1, 0.15) is 56.1 Å². The first-order valence-electron chi connectivity index (χ1n) is 7.75. The maximum absolute atomic E-state index is 12.5. The molecule has 0 heterocycles. The van der Waals surface area contributed by atoms with Gasteiger partial charge in [-0.15, -0.1) is 11.6 Å².